The van der Waals surface area contributed by atoms with Gasteiger partial charge in [0.25, 0.3) is 0 Å². The van der Waals surface area contributed by atoms with Crippen LogP contribution < -0.4 is 14.4 Å². The average Bonchev–Trinajstić information content (AvgIpc) is 2.85. The van der Waals surface area contributed by atoms with Gasteiger partial charge < -0.3 is 15.0 Å². The highest BCUT2D eigenvalue weighted by molar-refractivity contribution is 7.92. The van der Waals surface area contributed by atoms with Crippen molar-refractivity contribution < 1.29 is 22.7 Å². The number of benzene rings is 2. The second-order valence-corrected chi connectivity index (χ2v) is 11.5. The van der Waals surface area contributed by atoms with E-state index < -0.39 is 16.1 Å². The minimum atomic E-state index is -3.53. The first-order chi connectivity index (χ1) is 17.4. The van der Waals surface area contributed by atoms with Gasteiger partial charge in [-0.2, -0.15) is 0 Å². The highest BCUT2D eigenvalue weighted by Crippen LogP contribution is 2.22. The lowest BCUT2D eigenvalue weighted by Crippen LogP contribution is -2.49. The third kappa shape index (κ3) is 8.77. The number of rotatable bonds is 13. The zero-order chi connectivity index (χ0) is 27.8. The summed E-state index contributed by atoms with van der Waals surface area (Å²) in [5.74, 6) is 0.275. The van der Waals surface area contributed by atoms with Crippen molar-refractivity contribution in [2.45, 2.75) is 72.5 Å². The first kappa shape index (κ1) is 30.2. The molecule has 0 heterocycles. The van der Waals surface area contributed by atoms with Crippen LogP contribution >= 0.6 is 0 Å². The van der Waals surface area contributed by atoms with Gasteiger partial charge >= 0.3 is 0 Å². The maximum absolute atomic E-state index is 13.4. The van der Waals surface area contributed by atoms with E-state index in [2.05, 4.69) is 5.32 Å². The molecule has 0 aliphatic heterocycles. The Hall–Kier alpha value is -3.07. The lowest BCUT2D eigenvalue weighted by atomic mass is 10.1. The maximum Gasteiger partial charge on any atom is 0.242 e. The number of hydrogen-bond donors (Lipinski definition) is 1. The number of nitrogens with zero attached hydrogens (tertiary/aromatic N) is 2. The molecule has 0 aromatic heterocycles. The number of ether oxygens (including phenoxy) is 1. The van der Waals surface area contributed by atoms with Gasteiger partial charge in [-0.05, 0) is 81.5 Å². The Kier molecular flexibility index (Phi) is 11.0. The molecule has 0 unspecified atom stereocenters. The van der Waals surface area contributed by atoms with Crippen molar-refractivity contribution in [1.29, 1.82) is 0 Å². The van der Waals surface area contributed by atoms with Crippen LogP contribution in [0.2, 0.25) is 0 Å². The minimum Gasteiger partial charge on any atom is -0.497 e. The summed E-state index contributed by atoms with van der Waals surface area (Å²) in [4.78, 5) is 27.8. The number of sulfonamides is 1. The number of nitrogens with one attached hydrogen (secondary N) is 1. The van der Waals surface area contributed by atoms with E-state index in [9.17, 15) is 18.0 Å². The lowest BCUT2D eigenvalue weighted by molar-refractivity contribution is -0.140. The van der Waals surface area contributed by atoms with Crippen LogP contribution in [0.1, 0.15) is 56.7 Å². The number of hydrogen-bond acceptors (Lipinski definition) is 5. The summed E-state index contributed by atoms with van der Waals surface area (Å²) >= 11 is 0. The largest absolute Gasteiger partial charge is 0.497 e. The van der Waals surface area contributed by atoms with Crippen LogP contribution in [0, 0.1) is 13.8 Å². The molecule has 0 radical (unpaired) electrons. The summed E-state index contributed by atoms with van der Waals surface area (Å²) in [5.41, 5.74) is 3.51. The molecule has 204 valence electrons. The molecule has 2 rings (SSSR count). The molecule has 37 heavy (non-hydrogen) atoms. The molecule has 1 N–H and O–H groups in total. The van der Waals surface area contributed by atoms with Crippen LogP contribution in [0.15, 0.2) is 42.5 Å². The predicted octanol–water partition coefficient (Wildman–Crippen LogP) is 4.19. The highest BCUT2D eigenvalue weighted by Gasteiger charge is 2.27. The van der Waals surface area contributed by atoms with Crippen LogP contribution in [0.3, 0.4) is 0 Å². The number of carbonyl (C=O) groups excluding carboxylic acids is 2. The second-order valence-electron chi connectivity index (χ2n) is 9.57. The van der Waals surface area contributed by atoms with Crippen molar-refractivity contribution in [3.8, 4) is 5.75 Å². The van der Waals surface area contributed by atoms with Crippen LogP contribution in [0.5, 0.6) is 5.75 Å². The normalized spacial score (nSPS) is 12.9. The molecule has 0 fully saturated rings. The molecule has 0 aliphatic rings. The van der Waals surface area contributed by atoms with Crippen molar-refractivity contribution in [3.63, 3.8) is 0 Å². The lowest BCUT2D eigenvalue weighted by Gasteiger charge is -2.30. The number of methoxy groups -OCH3 is 1. The third-order valence-electron chi connectivity index (χ3n) is 6.61. The Bertz CT molecular complexity index is 1160. The molecule has 0 bridgehead atoms. The second kappa shape index (κ2) is 13.5. The van der Waals surface area contributed by atoms with E-state index in [4.69, 9.17) is 4.74 Å². The molecule has 2 aromatic carbocycles. The van der Waals surface area contributed by atoms with Gasteiger partial charge in [0.15, 0.2) is 0 Å². The molecule has 9 heteroatoms. The van der Waals surface area contributed by atoms with Crippen molar-refractivity contribution in [2.75, 3.05) is 24.2 Å². The van der Waals surface area contributed by atoms with E-state index in [1.807, 2.05) is 64.1 Å². The summed E-state index contributed by atoms with van der Waals surface area (Å²) in [6, 6.07) is 12.2. The molecule has 2 atom stereocenters. The van der Waals surface area contributed by atoms with Gasteiger partial charge in [0.1, 0.15) is 11.8 Å². The smallest absolute Gasteiger partial charge is 0.242 e. The van der Waals surface area contributed by atoms with Crippen molar-refractivity contribution >= 4 is 27.5 Å². The summed E-state index contributed by atoms with van der Waals surface area (Å²) in [6.07, 6.45) is 2.37. The fraction of sp³-hybridized carbons (Fsp3) is 0.500. The van der Waals surface area contributed by atoms with Crippen LogP contribution in [-0.4, -0.2) is 57.1 Å². The van der Waals surface area contributed by atoms with Gasteiger partial charge in [-0.15, -0.1) is 0 Å². The monoisotopic (exact) mass is 531 g/mol. The van der Waals surface area contributed by atoms with Gasteiger partial charge in [0.05, 0.1) is 19.1 Å². The first-order valence-electron chi connectivity index (χ1n) is 12.6. The Morgan fingerprint density at radius 3 is 2.22 bits per heavy atom. The van der Waals surface area contributed by atoms with E-state index in [1.54, 1.807) is 25.0 Å². The van der Waals surface area contributed by atoms with Crippen molar-refractivity contribution in [3.05, 3.63) is 59.2 Å². The zero-order valence-corrected chi connectivity index (χ0v) is 23.9. The van der Waals surface area contributed by atoms with Crippen LogP contribution in [-0.2, 0) is 26.2 Å². The molecular formula is C28H41N3O5S. The summed E-state index contributed by atoms with van der Waals surface area (Å²) in [7, 11) is -1.95. The van der Waals surface area contributed by atoms with Crippen LogP contribution in [0.4, 0.5) is 5.69 Å². The predicted molar refractivity (Wildman–Crippen MR) is 148 cm³/mol. The topological polar surface area (TPSA) is 96.0 Å². The molecule has 0 spiro atoms. The average molecular weight is 532 g/mol. The Morgan fingerprint density at radius 2 is 1.68 bits per heavy atom. The first-order valence-corrected chi connectivity index (χ1v) is 14.5. The SMILES string of the molecule is CC[C@H](C)NC(=O)[C@H](C)N(Cc1ccc(OC)cc1)C(=O)CCCN(c1ccc(C)c(C)c1)S(C)(=O)=O. The number of aryl methyl sites for hydroxylation is 2. The molecule has 0 saturated heterocycles. The van der Waals surface area contributed by atoms with Gasteiger partial charge in [0.2, 0.25) is 21.8 Å². The van der Waals surface area contributed by atoms with Gasteiger partial charge in [0, 0.05) is 25.6 Å². The standard InChI is InChI=1S/C28H41N3O5S/c1-8-22(4)29-28(33)23(5)30(19-24-12-15-26(36-6)16-13-24)27(32)10-9-17-31(37(7,34)35)25-14-11-20(2)21(3)18-25/h11-16,18,22-23H,8-10,17,19H2,1-7H3,(H,29,33)/t22-,23-/m0/s1. The maximum atomic E-state index is 13.4. The van der Waals surface area contributed by atoms with Crippen LogP contribution in [0.25, 0.3) is 0 Å². The molecule has 8 nitrogen and oxygen atoms in total. The van der Waals surface area contributed by atoms with E-state index in [-0.39, 0.29) is 37.4 Å². The Balaban J connectivity index is 2.19. The molecular weight excluding hydrogens is 490 g/mol. The fourth-order valence-corrected chi connectivity index (χ4v) is 4.82. The molecule has 0 saturated carbocycles. The van der Waals surface area contributed by atoms with Crippen molar-refractivity contribution in [1.82, 2.24) is 10.2 Å². The zero-order valence-electron chi connectivity index (χ0n) is 23.1. The molecule has 0 aliphatic carbocycles. The van der Waals surface area contributed by atoms with E-state index >= 15 is 0 Å². The number of amides is 2. The third-order valence-corrected chi connectivity index (χ3v) is 7.81. The Morgan fingerprint density at radius 1 is 1.03 bits per heavy atom. The van der Waals surface area contributed by atoms with Gasteiger partial charge in [-0.25, -0.2) is 8.42 Å². The van der Waals surface area contributed by atoms with Crippen molar-refractivity contribution in [2.24, 2.45) is 0 Å². The summed E-state index contributed by atoms with van der Waals surface area (Å²) < 4.78 is 31.6. The summed E-state index contributed by atoms with van der Waals surface area (Å²) in [6.45, 7) is 9.95. The minimum absolute atomic E-state index is 0.00540. The fourth-order valence-electron chi connectivity index (χ4n) is 3.86. The van der Waals surface area contributed by atoms with Gasteiger partial charge in [-0.1, -0.05) is 25.1 Å². The number of carbonyl (C=O) groups is 2. The quantitative estimate of drug-likeness (QED) is 0.418. The van der Waals surface area contributed by atoms with E-state index in [0.717, 1.165) is 23.1 Å². The molecule has 2 aromatic rings. The number of anilines is 1. The highest BCUT2D eigenvalue weighted by atomic mass is 32.2. The van der Waals surface area contributed by atoms with E-state index in [1.165, 1.54) is 10.6 Å². The summed E-state index contributed by atoms with van der Waals surface area (Å²) in [5, 5.41) is 2.95. The Labute approximate surface area is 222 Å². The van der Waals surface area contributed by atoms with Gasteiger partial charge in [-0.3, -0.25) is 13.9 Å². The molecule has 2 amide bonds. The van der Waals surface area contributed by atoms with E-state index in [0.29, 0.717) is 17.9 Å².